The minimum atomic E-state index is -5.18. The van der Waals surface area contributed by atoms with E-state index in [9.17, 15) is 26.8 Å². The molecule has 3 aliphatic heterocycles. The second kappa shape index (κ2) is 6.53. The Morgan fingerprint density at radius 3 is 2.65 bits per heavy atom. The van der Waals surface area contributed by atoms with Gasteiger partial charge in [0.2, 0.25) is 0 Å². The van der Waals surface area contributed by atoms with Gasteiger partial charge in [0.25, 0.3) is 11.8 Å². The van der Waals surface area contributed by atoms with Gasteiger partial charge in [-0.3, -0.25) is 14.2 Å². The number of piperidine rings is 1. The van der Waals surface area contributed by atoms with Gasteiger partial charge < -0.3 is 9.80 Å². The van der Waals surface area contributed by atoms with Crippen molar-refractivity contribution in [1.82, 2.24) is 20.3 Å². The summed E-state index contributed by atoms with van der Waals surface area (Å²) in [5, 5.41) is -0.116. The molecule has 0 saturated carbocycles. The van der Waals surface area contributed by atoms with Crippen molar-refractivity contribution in [3.8, 4) is 0 Å². The average Bonchev–Trinajstić information content (AvgIpc) is 3.05. The number of rotatable bonds is 5. The molecule has 0 aliphatic carbocycles. The number of nitrogens with zero attached hydrogens (tertiary/aromatic N) is 3. The zero-order valence-electron chi connectivity index (χ0n) is 13.7. The van der Waals surface area contributed by atoms with Gasteiger partial charge in [0.1, 0.15) is 12.1 Å². The van der Waals surface area contributed by atoms with Gasteiger partial charge in [-0.05, 0) is 13.5 Å². The van der Waals surface area contributed by atoms with Crippen molar-refractivity contribution in [1.29, 1.82) is 0 Å². The van der Waals surface area contributed by atoms with Crippen molar-refractivity contribution < 1.29 is 40.5 Å². The molecule has 3 saturated heterocycles. The molecule has 0 aromatic rings. The normalized spacial score (nSPS) is 31.5. The number of urea groups is 1. The number of amides is 3. The lowest BCUT2D eigenvalue weighted by Crippen LogP contribution is -2.56. The van der Waals surface area contributed by atoms with E-state index < -0.39 is 53.3 Å². The van der Waals surface area contributed by atoms with Crippen molar-refractivity contribution in [3.05, 3.63) is 0 Å². The Kier molecular flexibility index (Phi) is 4.81. The number of alkyl halides is 2. The molecule has 3 atom stereocenters. The minimum absolute atomic E-state index is 0.116. The highest BCUT2D eigenvalue weighted by molar-refractivity contribution is 7.80. The molecule has 0 spiro atoms. The molecule has 14 heteroatoms. The van der Waals surface area contributed by atoms with Crippen LogP contribution in [0.15, 0.2) is 0 Å². The van der Waals surface area contributed by atoms with Gasteiger partial charge in [0.05, 0.1) is 12.6 Å². The fourth-order valence-corrected chi connectivity index (χ4v) is 3.66. The zero-order valence-corrected chi connectivity index (χ0v) is 14.5. The number of likely N-dealkylation sites (N-methyl/N-ethyl adjacent to an activating group) is 1. The van der Waals surface area contributed by atoms with E-state index in [0.717, 1.165) is 11.4 Å². The summed E-state index contributed by atoms with van der Waals surface area (Å²) in [6, 6.07) is -4.76. The topological polar surface area (TPSA) is 129 Å². The maximum Gasteiger partial charge on any atom is 0.418 e. The van der Waals surface area contributed by atoms with E-state index in [1.807, 2.05) is 11.9 Å². The molecule has 3 rings (SSSR count). The smallest absolute Gasteiger partial charge is 0.308 e. The van der Waals surface area contributed by atoms with Crippen LogP contribution in [0, 0.1) is 0 Å². The first-order valence-corrected chi connectivity index (χ1v) is 9.13. The number of hydrogen-bond acceptors (Lipinski definition) is 7. The third-order valence-electron chi connectivity index (χ3n) is 4.57. The SMILES string of the molecule is CN1CCC(ONC(=O)[C@@H]2CC(F)(F)[C@@H]3CN2C(=O)N3OS(=O)(=O)O)C1. The highest BCUT2D eigenvalue weighted by atomic mass is 32.3. The highest BCUT2D eigenvalue weighted by Gasteiger charge is 2.62. The maximum absolute atomic E-state index is 14.3. The minimum Gasteiger partial charge on any atom is -0.308 e. The van der Waals surface area contributed by atoms with Gasteiger partial charge in [-0.25, -0.2) is 19.1 Å². The van der Waals surface area contributed by atoms with Crippen LogP contribution in [-0.2, 0) is 24.3 Å². The molecule has 0 aromatic carbocycles. The first-order chi connectivity index (χ1) is 12.0. The third kappa shape index (κ3) is 3.73. The van der Waals surface area contributed by atoms with Crippen LogP contribution >= 0.6 is 0 Å². The Labute approximate surface area is 147 Å². The quantitative estimate of drug-likeness (QED) is 0.444. The van der Waals surface area contributed by atoms with Crippen LogP contribution in [0.25, 0.3) is 0 Å². The Bertz CT molecular complexity index is 706. The summed E-state index contributed by atoms with van der Waals surface area (Å²) in [6.07, 6.45) is -0.679. The average molecular weight is 400 g/mol. The summed E-state index contributed by atoms with van der Waals surface area (Å²) in [7, 11) is -3.32. The summed E-state index contributed by atoms with van der Waals surface area (Å²) < 4.78 is 62.8. The standard InChI is InChI=1S/C12H18F2N4O7S/c1-16-3-2-7(5-16)24-15-10(19)8-4-12(13,14)9-6-17(8)11(20)18(9)25-26(21,22)23/h7-9H,2-6H2,1H3,(H,15,19)(H,21,22,23)/t7?,8-,9-/m0/s1. The van der Waals surface area contributed by atoms with E-state index in [1.54, 1.807) is 0 Å². The number of carbonyl (C=O) groups is 2. The molecular formula is C12H18F2N4O7S. The van der Waals surface area contributed by atoms with Crippen LogP contribution in [0.1, 0.15) is 12.8 Å². The maximum atomic E-state index is 14.3. The van der Waals surface area contributed by atoms with Gasteiger partial charge in [0, 0.05) is 19.5 Å². The second-order valence-corrected chi connectivity index (χ2v) is 7.52. The molecule has 2 bridgehead atoms. The van der Waals surface area contributed by atoms with Crippen LogP contribution < -0.4 is 5.48 Å². The van der Waals surface area contributed by atoms with E-state index in [4.69, 9.17) is 9.39 Å². The van der Waals surface area contributed by atoms with Crippen molar-refractivity contribution in [2.24, 2.45) is 0 Å². The Morgan fingerprint density at radius 1 is 1.38 bits per heavy atom. The number of nitrogens with one attached hydrogen (secondary N) is 1. The van der Waals surface area contributed by atoms with E-state index >= 15 is 0 Å². The molecule has 0 radical (unpaired) electrons. The summed E-state index contributed by atoms with van der Waals surface area (Å²) in [6.45, 7) is 0.684. The van der Waals surface area contributed by atoms with Crippen LogP contribution in [0.2, 0.25) is 0 Å². The Morgan fingerprint density at radius 2 is 2.08 bits per heavy atom. The van der Waals surface area contributed by atoms with Crippen molar-refractivity contribution >= 4 is 22.3 Å². The molecular weight excluding hydrogens is 382 g/mol. The van der Waals surface area contributed by atoms with Gasteiger partial charge in [-0.1, -0.05) is 0 Å². The molecule has 11 nitrogen and oxygen atoms in total. The van der Waals surface area contributed by atoms with E-state index in [2.05, 4.69) is 9.76 Å². The first kappa shape index (κ1) is 19.2. The number of fused-ring (bicyclic) bond motifs is 2. The zero-order chi connectivity index (χ0) is 19.3. The first-order valence-electron chi connectivity index (χ1n) is 7.76. The van der Waals surface area contributed by atoms with E-state index in [1.165, 1.54) is 0 Å². The fraction of sp³-hybridized carbons (Fsp3) is 0.833. The fourth-order valence-electron chi connectivity index (χ4n) is 3.29. The molecule has 1 unspecified atom stereocenters. The van der Waals surface area contributed by atoms with Gasteiger partial charge >= 0.3 is 16.4 Å². The predicted molar refractivity (Wildman–Crippen MR) is 78.8 cm³/mol. The Balaban J connectivity index is 1.70. The van der Waals surface area contributed by atoms with Crippen LogP contribution in [0.3, 0.4) is 0 Å². The summed E-state index contributed by atoms with van der Waals surface area (Å²) in [5.74, 6) is -4.55. The highest BCUT2D eigenvalue weighted by Crippen LogP contribution is 2.41. The molecule has 26 heavy (non-hydrogen) atoms. The van der Waals surface area contributed by atoms with Crippen molar-refractivity contribution in [2.75, 3.05) is 26.7 Å². The second-order valence-electron chi connectivity index (χ2n) is 6.52. The molecule has 3 heterocycles. The Hall–Kier alpha value is -1.61. The molecule has 3 amide bonds. The molecule has 3 fully saturated rings. The van der Waals surface area contributed by atoms with Crippen LogP contribution in [0.5, 0.6) is 0 Å². The summed E-state index contributed by atoms with van der Waals surface area (Å²) >= 11 is 0. The van der Waals surface area contributed by atoms with Gasteiger partial charge in [0.15, 0.2) is 0 Å². The van der Waals surface area contributed by atoms with Crippen molar-refractivity contribution in [2.45, 2.75) is 37.0 Å². The number of hydrogen-bond donors (Lipinski definition) is 2. The molecule has 148 valence electrons. The number of likely N-dealkylation sites (tertiary alicyclic amines) is 1. The lowest BCUT2D eigenvalue weighted by Gasteiger charge is -2.34. The van der Waals surface area contributed by atoms with E-state index in [0.29, 0.717) is 13.0 Å². The van der Waals surface area contributed by atoms with E-state index in [-0.39, 0.29) is 11.2 Å². The molecule has 3 aliphatic rings. The molecule has 2 N–H and O–H groups in total. The summed E-state index contributed by atoms with van der Waals surface area (Å²) in [5.41, 5.74) is 2.10. The molecule has 0 aromatic heterocycles. The predicted octanol–water partition coefficient (Wildman–Crippen LogP) is -1.01. The lowest BCUT2D eigenvalue weighted by molar-refractivity contribution is -0.161. The largest absolute Gasteiger partial charge is 0.418 e. The number of halogens is 2. The number of hydroxylamine groups is 3. The monoisotopic (exact) mass is 400 g/mol. The van der Waals surface area contributed by atoms with Crippen LogP contribution in [0.4, 0.5) is 13.6 Å². The lowest BCUT2D eigenvalue weighted by atomic mass is 9.96. The summed E-state index contributed by atoms with van der Waals surface area (Å²) in [4.78, 5) is 32.3. The van der Waals surface area contributed by atoms with Gasteiger partial charge in [-0.2, -0.15) is 13.5 Å². The van der Waals surface area contributed by atoms with Gasteiger partial charge in [-0.15, -0.1) is 4.28 Å². The van der Waals surface area contributed by atoms with Crippen LogP contribution in [-0.4, -0.2) is 90.6 Å². The van der Waals surface area contributed by atoms with Crippen molar-refractivity contribution in [3.63, 3.8) is 0 Å². The third-order valence-corrected chi connectivity index (χ3v) is 4.92. The number of carbonyl (C=O) groups excluding carboxylic acids is 2.